The molecule has 6 unspecified atom stereocenters. The Balaban J connectivity index is 1.26. The van der Waals surface area contributed by atoms with E-state index in [0.717, 1.165) is 22.3 Å². The van der Waals surface area contributed by atoms with Crippen LogP contribution >= 0.6 is 8.53 Å². The Labute approximate surface area is 481 Å². The molecule has 1 amide bonds. The summed E-state index contributed by atoms with van der Waals surface area (Å²) in [5.74, 6) is 0.388. The molecule has 1 fully saturated rings. The minimum Gasteiger partial charge on any atom is -0.497 e. The number of methoxy groups -OCH3 is 3. The van der Waals surface area contributed by atoms with Gasteiger partial charge >= 0.3 is 18.0 Å². The third-order valence-electron chi connectivity index (χ3n) is 13.2. The second kappa shape index (κ2) is 31.7. The van der Waals surface area contributed by atoms with Crippen molar-refractivity contribution < 1.29 is 70.8 Å². The number of ether oxygens (including phenoxy) is 10. The highest BCUT2D eigenvalue weighted by Crippen LogP contribution is 2.46. The first kappa shape index (κ1) is 62.2. The molecule has 0 saturated carbocycles. The maximum absolute atomic E-state index is 14.4. The lowest BCUT2D eigenvalue weighted by Crippen LogP contribution is -2.63. The average Bonchev–Trinajstić information content (AvgIpc) is 2.69. The molecule has 1 saturated heterocycles. The highest BCUT2D eigenvalue weighted by atomic mass is 31.2. The number of nitrogens with zero attached hydrogens (tertiary/aromatic N) is 2. The number of amides is 1. The fourth-order valence-electron chi connectivity index (χ4n) is 9.34. The van der Waals surface area contributed by atoms with Gasteiger partial charge in [0, 0.05) is 18.6 Å². The maximum atomic E-state index is 14.4. The molecule has 7 rings (SSSR count). The normalized spacial score (nSPS) is 17.4. The minimum atomic E-state index is -1.69. The molecule has 82 heavy (non-hydrogen) atoms. The first-order valence-corrected chi connectivity index (χ1v) is 28.1. The fraction of sp³-hybridized carbons (Fsp3) is 0.365. The van der Waals surface area contributed by atoms with E-state index in [2.05, 4.69) is 14.8 Å². The monoisotopic (exact) mass is 1140 g/mol. The number of hydrogen-bond donors (Lipinski definition) is 1. The van der Waals surface area contributed by atoms with Crippen molar-refractivity contribution in [3.05, 3.63) is 209 Å². The molecule has 1 N–H and O–H groups in total. The lowest BCUT2D eigenvalue weighted by atomic mass is 9.80. The zero-order valence-electron chi connectivity index (χ0n) is 47.3. The van der Waals surface area contributed by atoms with Gasteiger partial charge in [0.05, 0.1) is 58.9 Å². The Hall–Kier alpha value is -7.43. The number of carbonyl (C=O) groups is 3. The van der Waals surface area contributed by atoms with Crippen LogP contribution in [0.15, 0.2) is 164 Å². The molecule has 18 nitrogen and oxygen atoms in total. The molecular weight excluding hydrogens is 1070 g/mol. The molecule has 0 aromatic heterocycles. The molecule has 0 radical (unpaired) electrons. The number of hydrogen-bond acceptors (Lipinski definition) is 16. The van der Waals surface area contributed by atoms with Gasteiger partial charge in [0.25, 0.3) is 8.53 Å². The summed E-state index contributed by atoms with van der Waals surface area (Å²) in [6.07, 6.45) is -7.82. The molecule has 1 aliphatic heterocycles. The number of esters is 2. The standard InChI is InChI=1S/C63H72N3O15P/c1-44(2)66(45(3)4)82(77-36-35-64-5)78-40-38-73-57-56(80-59(67)47-20-12-9-13-21-47)55(43-75-62(69)65-42-46-19-18-26-54(41-46)72-8)79-61(58(57)81-60(68)48-22-14-10-15-23-48)74-37-39-76-63(49-24-16-11-17-25-49,50-27-31-52(70-6)32-28-50)51-29-33-53(71-7)34-30-51/h9-34,41,44-45,55-58,61H,35-40,42-43H2,1-4,6-8H3,(H,65,69). The van der Waals surface area contributed by atoms with Crippen LogP contribution in [0.5, 0.6) is 17.2 Å². The van der Waals surface area contributed by atoms with E-state index in [0.29, 0.717) is 17.2 Å². The highest BCUT2D eigenvalue weighted by molar-refractivity contribution is 7.44. The summed E-state index contributed by atoms with van der Waals surface area (Å²) in [6, 6.07) is 48.8. The number of carbonyl (C=O) groups excluding carboxylic acids is 3. The van der Waals surface area contributed by atoms with Gasteiger partial charge in [0.15, 0.2) is 18.5 Å². The van der Waals surface area contributed by atoms with E-state index >= 15 is 0 Å². The van der Waals surface area contributed by atoms with Crippen LogP contribution in [0.25, 0.3) is 4.85 Å². The van der Waals surface area contributed by atoms with Crippen molar-refractivity contribution in [2.75, 3.05) is 67.5 Å². The third kappa shape index (κ3) is 16.8. The molecule has 6 aromatic rings. The van der Waals surface area contributed by atoms with E-state index in [9.17, 15) is 14.4 Å². The van der Waals surface area contributed by atoms with E-state index in [1.807, 2.05) is 113 Å². The molecule has 1 heterocycles. The van der Waals surface area contributed by atoms with E-state index in [-0.39, 0.29) is 69.3 Å². The molecule has 6 aromatic carbocycles. The van der Waals surface area contributed by atoms with Crippen LogP contribution in [0.1, 0.15) is 70.7 Å². The van der Waals surface area contributed by atoms with Gasteiger partial charge in [-0.1, -0.05) is 103 Å². The Morgan fingerprint density at radius 1 is 0.598 bits per heavy atom. The predicted octanol–water partition coefficient (Wildman–Crippen LogP) is 10.8. The molecule has 6 atom stereocenters. The molecule has 1 aliphatic rings. The van der Waals surface area contributed by atoms with Gasteiger partial charge in [-0.25, -0.2) is 25.6 Å². The average molecular weight is 1140 g/mol. The van der Waals surface area contributed by atoms with Crippen molar-refractivity contribution in [2.45, 2.75) is 82.6 Å². The van der Waals surface area contributed by atoms with Crippen molar-refractivity contribution >= 4 is 26.6 Å². The smallest absolute Gasteiger partial charge is 0.407 e. The Morgan fingerprint density at radius 3 is 1.67 bits per heavy atom. The first-order valence-electron chi connectivity index (χ1n) is 27.0. The van der Waals surface area contributed by atoms with Crippen molar-refractivity contribution in [1.82, 2.24) is 9.99 Å². The first-order chi connectivity index (χ1) is 39.9. The second-order valence-electron chi connectivity index (χ2n) is 19.2. The summed E-state index contributed by atoms with van der Waals surface area (Å²) in [4.78, 5) is 45.7. The number of nitrogens with one attached hydrogen (secondary N) is 1. The molecule has 0 aliphatic carbocycles. The summed E-state index contributed by atoms with van der Waals surface area (Å²) in [7, 11) is 3.06. The Bertz CT molecular complexity index is 2880. The Morgan fingerprint density at radius 2 is 1.12 bits per heavy atom. The summed E-state index contributed by atoms with van der Waals surface area (Å²) >= 11 is 0. The van der Waals surface area contributed by atoms with Crippen LogP contribution in [0.4, 0.5) is 4.79 Å². The number of rotatable bonds is 30. The van der Waals surface area contributed by atoms with Gasteiger partial charge in [-0.15, -0.1) is 0 Å². The zero-order valence-corrected chi connectivity index (χ0v) is 48.1. The van der Waals surface area contributed by atoms with Gasteiger partial charge in [0.1, 0.15) is 48.3 Å². The summed E-state index contributed by atoms with van der Waals surface area (Å²) in [5, 5.41) is 2.76. The Kier molecular flexibility index (Phi) is 24.0. The van der Waals surface area contributed by atoms with Gasteiger partial charge in [0.2, 0.25) is 6.54 Å². The predicted molar refractivity (Wildman–Crippen MR) is 307 cm³/mol. The third-order valence-corrected chi connectivity index (χ3v) is 15.3. The molecule has 19 heteroatoms. The summed E-state index contributed by atoms with van der Waals surface area (Å²) in [5.41, 5.74) is 2.29. The SMILES string of the molecule is [C-]#[N+]CCOP(OCCOC1C(OC(=O)c2ccccc2)C(COC(=O)NCc2cccc(OC)c2)OC(OCCOC(c2ccccc2)(c2ccc(OC)cc2)c2ccc(OC)cc2)C1OC(=O)c1ccccc1)N(C(C)C)C(C)C. The minimum absolute atomic E-state index is 0.0136. The second-order valence-corrected chi connectivity index (χ2v) is 20.7. The van der Waals surface area contributed by atoms with Crippen molar-refractivity contribution in [2.24, 2.45) is 0 Å². The molecule has 0 bridgehead atoms. The van der Waals surface area contributed by atoms with Crippen LogP contribution in [0.3, 0.4) is 0 Å². The molecular formula is C63H72N3O15P. The summed E-state index contributed by atoms with van der Waals surface area (Å²) < 4.78 is 77.1. The van der Waals surface area contributed by atoms with E-state index < -0.39 is 69.5 Å². The fourth-order valence-corrected chi connectivity index (χ4v) is 10.9. The van der Waals surface area contributed by atoms with Crippen LogP contribution in [-0.2, 0) is 54.4 Å². The lowest BCUT2D eigenvalue weighted by Gasteiger charge is -2.45. The van der Waals surface area contributed by atoms with Crippen LogP contribution in [-0.4, -0.2) is 133 Å². The van der Waals surface area contributed by atoms with Gasteiger partial charge in [-0.3, -0.25) is 0 Å². The zero-order chi connectivity index (χ0) is 58.3. The van der Waals surface area contributed by atoms with E-state index in [4.69, 9.17) is 63.0 Å². The van der Waals surface area contributed by atoms with Crippen molar-refractivity contribution in [1.29, 1.82) is 0 Å². The lowest BCUT2D eigenvalue weighted by molar-refractivity contribution is -0.308. The molecule has 0 spiro atoms. The topological polar surface area (TPSA) is 182 Å². The maximum Gasteiger partial charge on any atom is 0.407 e. The number of alkyl carbamates (subject to hydrolysis) is 1. The van der Waals surface area contributed by atoms with Crippen molar-refractivity contribution in [3.8, 4) is 17.2 Å². The van der Waals surface area contributed by atoms with Gasteiger partial charge in [-0.2, -0.15) is 0 Å². The van der Waals surface area contributed by atoms with Crippen LogP contribution < -0.4 is 19.5 Å². The highest BCUT2D eigenvalue weighted by Gasteiger charge is 2.52. The van der Waals surface area contributed by atoms with Gasteiger partial charge in [-0.05, 0) is 111 Å². The van der Waals surface area contributed by atoms with Gasteiger partial charge < -0.3 is 66.6 Å². The quantitative estimate of drug-likeness (QED) is 0.0112. The largest absolute Gasteiger partial charge is 0.497 e. The van der Waals surface area contributed by atoms with Crippen LogP contribution in [0, 0.1) is 6.57 Å². The molecule has 434 valence electrons. The number of benzene rings is 6. The summed E-state index contributed by atoms with van der Waals surface area (Å²) in [6.45, 7) is 14.9. The van der Waals surface area contributed by atoms with Crippen molar-refractivity contribution in [3.63, 3.8) is 0 Å². The van der Waals surface area contributed by atoms with Crippen LogP contribution in [0.2, 0.25) is 0 Å². The van der Waals surface area contributed by atoms with E-state index in [1.165, 1.54) is 0 Å². The van der Waals surface area contributed by atoms with E-state index in [1.54, 1.807) is 100 Å².